The molecule has 0 spiro atoms. The summed E-state index contributed by atoms with van der Waals surface area (Å²) in [5.41, 5.74) is 5.73. The van der Waals surface area contributed by atoms with Crippen molar-refractivity contribution in [2.45, 2.75) is 55.9 Å². The molecule has 0 radical (unpaired) electrons. The molecule has 3 saturated heterocycles. The number of fused-ring (bicyclic) bond motifs is 1. The minimum atomic E-state index is -4.38. The van der Waals surface area contributed by atoms with Gasteiger partial charge in [0.1, 0.15) is 0 Å². The maximum Gasteiger partial charge on any atom is 0.416 e. The topological polar surface area (TPSA) is 77.3 Å². The third-order valence-electron chi connectivity index (χ3n) is 7.28. The van der Waals surface area contributed by atoms with E-state index in [0.29, 0.717) is 25.5 Å². The fourth-order valence-electron chi connectivity index (χ4n) is 5.66. The van der Waals surface area contributed by atoms with Gasteiger partial charge in [0.05, 0.1) is 12.1 Å². The Hall–Kier alpha value is -2.47. The minimum Gasteiger partial charge on any atom is -0.368 e. The van der Waals surface area contributed by atoms with Crippen LogP contribution in [0.2, 0.25) is 0 Å². The third-order valence-corrected chi connectivity index (χ3v) is 7.28. The second-order valence-electron chi connectivity index (χ2n) is 9.63. The lowest BCUT2D eigenvalue weighted by Crippen LogP contribution is -2.61. The van der Waals surface area contributed by atoms with Crippen LogP contribution in [0.25, 0.3) is 0 Å². The molecule has 3 aliphatic rings. The summed E-state index contributed by atoms with van der Waals surface area (Å²) < 4.78 is 67.2. The van der Waals surface area contributed by atoms with E-state index < -0.39 is 17.7 Å². The molecule has 0 saturated carbocycles. The highest BCUT2D eigenvalue weighted by atomic mass is 19.4. The van der Waals surface area contributed by atoms with Gasteiger partial charge in [0.15, 0.2) is 0 Å². The van der Waals surface area contributed by atoms with Gasteiger partial charge in [0.2, 0.25) is 11.9 Å². The molecule has 1 aromatic heterocycles. The smallest absolute Gasteiger partial charge is 0.368 e. The van der Waals surface area contributed by atoms with Crippen LogP contribution in [0.1, 0.15) is 30.4 Å². The number of piperidine rings is 1. The number of hydrogen-bond acceptors (Lipinski definition) is 6. The molecular formula is C22H28F5N7. The van der Waals surface area contributed by atoms with Crippen molar-refractivity contribution in [3.8, 4) is 0 Å². The van der Waals surface area contributed by atoms with E-state index >= 15 is 0 Å². The number of nitrogens with one attached hydrogen (secondary N) is 1. The summed E-state index contributed by atoms with van der Waals surface area (Å²) in [5.74, 6) is -1.89. The average molecular weight is 486 g/mol. The molecule has 1 aromatic carbocycles. The number of hydrogen-bond donors (Lipinski definition) is 2. The van der Waals surface area contributed by atoms with Crippen molar-refractivity contribution >= 4 is 11.9 Å². The number of rotatable bonds is 4. The Bertz CT molecular complexity index is 984. The van der Waals surface area contributed by atoms with Gasteiger partial charge in [0.25, 0.3) is 5.92 Å². The van der Waals surface area contributed by atoms with E-state index in [4.69, 9.17) is 5.73 Å². The molecule has 0 amide bonds. The molecule has 2 unspecified atom stereocenters. The zero-order chi connectivity index (χ0) is 24.1. The van der Waals surface area contributed by atoms with Crippen molar-refractivity contribution in [1.82, 2.24) is 25.0 Å². The van der Waals surface area contributed by atoms with Crippen molar-refractivity contribution in [2.75, 3.05) is 43.4 Å². The third kappa shape index (κ3) is 4.83. The zero-order valence-corrected chi connectivity index (χ0v) is 18.6. The molecule has 2 aromatic rings. The molecule has 3 N–H and O–H groups in total. The van der Waals surface area contributed by atoms with Gasteiger partial charge in [-0.05, 0) is 37.0 Å². The Morgan fingerprint density at radius 3 is 2.38 bits per heavy atom. The number of alkyl halides is 5. The van der Waals surface area contributed by atoms with E-state index in [-0.39, 0.29) is 37.0 Å². The molecule has 12 heteroatoms. The first-order valence-corrected chi connectivity index (χ1v) is 11.5. The van der Waals surface area contributed by atoms with Gasteiger partial charge in [0, 0.05) is 50.7 Å². The summed E-state index contributed by atoms with van der Waals surface area (Å²) in [5, 5.41) is 6.75. The van der Waals surface area contributed by atoms with Gasteiger partial charge in [-0.25, -0.2) is 13.9 Å². The number of H-pyrrole nitrogens is 1. The Balaban J connectivity index is 1.31. The van der Waals surface area contributed by atoms with E-state index in [1.807, 2.05) is 9.80 Å². The lowest BCUT2D eigenvalue weighted by atomic mass is 9.93. The molecule has 0 aliphatic carbocycles. The summed E-state index contributed by atoms with van der Waals surface area (Å²) in [4.78, 5) is 10.4. The van der Waals surface area contributed by atoms with Gasteiger partial charge in [-0.2, -0.15) is 18.2 Å². The fraction of sp³-hybridized carbons (Fsp3) is 0.636. The van der Waals surface area contributed by atoms with E-state index in [9.17, 15) is 22.0 Å². The first-order chi connectivity index (χ1) is 16.1. The maximum atomic E-state index is 14.2. The van der Waals surface area contributed by atoms with Crippen LogP contribution < -0.4 is 10.6 Å². The lowest BCUT2D eigenvalue weighted by molar-refractivity contribution is -0.137. The van der Waals surface area contributed by atoms with Crippen LogP contribution in [0.15, 0.2) is 24.3 Å². The Morgan fingerprint density at radius 2 is 1.76 bits per heavy atom. The lowest BCUT2D eigenvalue weighted by Gasteiger charge is -2.49. The first-order valence-electron chi connectivity index (χ1n) is 11.5. The Kier molecular flexibility index (Phi) is 5.91. The van der Waals surface area contributed by atoms with Crippen LogP contribution in [0.3, 0.4) is 0 Å². The second kappa shape index (κ2) is 8.63. The molecule has 186 valence electrons. The van der Waals surface area contributed by atoms with E-state index in [1.165, 1.54) is 12.1 Å². The number of benzene rings is 1. The first kappa shape index (κ1) is 23.3. The number of nitrogens with two attached hydrogens (primary N) is 1. The monoisotopic (exact) mass is 485 g/mol. The Labute approximate surface area is 194 Å². The average Bonchev–Trinajstić information content (AvgIpc) is 3.34. The SMILES string of the molecule is Nc1nc(N2CCC(N3CC4CC(F)(F)CN4CC3Cc3ccc(C(F)(F)F)cc3)CC2)n[nH]1. The van der Waals surface area contributed by atoms with Crippen molar-refractivity contribution in [1.29, 1.82) is 0 Å². The summed E-state index contributed by atoms with van der Waals surface area (Å²) in [6, 6.07) is 5.14. The number of nitrogen functional groups attached to an aromatic ring is 1. The largest absolute Gasteiger partial charge is 0.416 e. The van der Waals surface area contributed by atoms with Gasteiger partial charge < -0.3 is 10.6 Å². The molecule has 5 rings (SSSR count). The second-order valence-corrected chi connectivity index (χ2v) is 9.63. The molecule has 0 bridgehead atoms. The standard InChI is InChI=1S/C22H28F5N7/c23-21(24)10-18-12-34(16-5-7-32(8-6-16)20-29-19(28)30-31-20)17(11-33(18)13-21)9-14-1-3-15(4-2-14)22(25,26)27/h1-4,16-18H,5-13H2,(H3,28,29,30,31). The Morgan fingerprint density at radius 1 is 1.06 bits per heavy atom. The quantitative estimate of drug-likeness (QED) is 0.649. The van der Waals surface area contributed by atoms with Crippen LogP contribution in [-0.4, -0.2) is 81.8 Å². The van der Waals surface area contributed by atoms with Gasteiger partial charge >= 0.3 is 6.18 Å². The van der Waals surface area contributed by atoms with E-state index in [1.54, 1.807) is 0 Å². The molecule has 3 aliphatic heterocycles. The molecule has 34 heavy (non-hydrogen) atoms. The van der Waals surface area contributed by atoms with Crippen molar-refractivity contribution < 1.29 is 22.0 Å². The number of nitrogens with zero attached hydrogens (tertiary/aromatic N) is 5. The molecule has 7 nitrogen and oxygen atoms in total. The fourth-order valence-corrected chi connectivity index (χ4v) is 5.66. The number of halogens is 5. The van der Waals surface area contributed by atoms with Gasteiger partial charge in [-0.1, -0.05) is 12.1 Å². The van der Waals surface area contributed by atoms with Crippen LogP contribution in [-0.2, 0) is 12.6 Å². The predicted octanol–water partition coefficient (Wildman–Crippen LogP) is 3.01. The van der Waals surface area contributed by atoms with Crippen LogP contribution in [0.4, 0.5) is 33.8 Å². The van der Waals surface area contributed by atoms with Crippen molar-refractivity contribution in [3.63, 3.8) is 0 Å². The molecule has 4 heterocycles. The van der Waals surface area contributed by atoms with Crippen molar-refractivity contribution in [3.05, 3.63) is 35.4 Å². The summed E-state index contributed by atoms with van der Waals surface area (Å²) in [7, 11) is 0. The summed E-state index contributed by atoms with van der Waals surface area (Å²) in [6.07, 6.45) is -2.37. The van der Waals surface area contributed by atoms with Gasteiger partial charge in [-0.3, -0.25) is 9.80 Å². The van der Waals surface area contributed by atoms with Crippen LogP contribution >= 0.6 is 0 Å². The van der Waals surface area contributed by atoms with Gasteiger partial charge in [-0.15, -0.1) is 5.10 Å². The van der Waals surface area contributed by atoms with Crippen LogP contribution in [0.5, 0.6) is 0 Å². The number of anilines is 2. The predicted molar refractivity (Wildman–Crippen MR) is 117 cm³/mol. The maximum absolute atomic E-state index is 14.2. The molecular weight excluding hydrogens is 457 g/mol. The number of aromatic amines is 1. The molecule has 3 fully saturated rings. The highest BCUT2D eigenvalue weighted by molar-refractivity contribution is 5.34. The number of piperazine rings is 1. The minimum absolute atomic E-state index is 0.0439. The number of aromatic nitrogens is 3. The highest BCUT2D eigenvalue weighted by Crippen LogP contribution is 2.37. The van der Waals surface area contributed by atoms with Crippen LogP contribution in [0, 0.1) is 0 Å². The zero-order valence-electron chi connectivity index (χ0n) is 18.6. The van der Waals surface area contributed by atoms with E-state index in [2.05, 4.69) is 20.1 Å². The van der Waals surface area contributed by atoms with Crippen molar-refractivity contribution in [2.24, 2.45) is 0 Å². The molecule has 2 atom stereocenters. The normalized spacial score (nSPS) is 26.7. The summed E-state index contributed by atoms with van der Waals surface area (Å²) >= 11 is 0. The summed E-state index contributed by atoms with van der Waals surface area (Å²) in [6.45, 7) is 2.21. The van der Waals surface area contributed by atoms with E-state index in [0.717, 1.165) is 43.6 Å². The highest BCUT2D eigenvalue weighted by Gasteiger charge is 2.50.